The number of carbonyl (C=O) groups is 1. The molecule has 1 heterocycles. The summed E-state index contributed by atoms with van der Waals surface area (Å²) in [6.45, 7) is 1.74. The van der Waals surface area contributed by atoms with Crippen molar-refractivity contribution in [2.24, 2.45) is 11.5 Å². The van der Waals surface area contributed by atoms with Crippen LogP contribution in [0.1, 0.15) is 17.5 Å². The fraction of sp³-hybridized carbons (Fsp3) is 0.273. The Morgan fingerprint density at radius 1 is 1.47 bits per heavy atom. The Hall–Kier alpha value is -1.92. The average molecular weight is 235 g/mol. The number of carboxylic acid groups (broad SMARTS) is 1. The van der Waals surface area contributed by atoms with Gasteiger partial charge < -0.3 is 21.0 Å². The maximum absolute atomic E-state index is 10.7. The lowest BCUT2D eigenvalue weighted by Gasteiger charge is -2.15. The van der Waals surface area contributed by atoms with Gasteiger partial charge in [-0.25, -0.2) is 4.98 Å². The molecule has 0 aliphatic heterocycles. The molecular formula is C11H13N3O3. The van der Waals surface area contributed by atoms with E-state index in [-0.39, 0.29) is 0 Å². The highest BCUT2D eigenvalue weighted by Gasteiger charge is 2.22. The molecule has 0 saturated heterocycles. The van der Waals surface area contributed by atoms with Crippen LogP contribution in [0.15, 0.2) is 22.6 Å². The molecule has 0 amide bonds. The van der Waals surface area contributed by atoms with E-state index in [4.69, 9.17) is 21.0 Å². The number of fused-ring (bicyclic) bond motifs is 1. The smallest absolute Gasteiger partial charge is 0.322 e. The molecular weight excluding hydrogens is 222 g/mol. The van der Waals surface area contributed by atoms with Gasteiger partial charge in [-0.1, -0.05) is 6.07 Å². The fourth-order valence-corrected chi connectivity index (χ4v) is 1.63. The van der Waals surface area contributed by atoms with Crippen LogP contribution >= 0.6 is 0 Å². The largest absolute Gasteiger partial charge is 0.480 e. The summed E-state index contributed by atoms with van der Waals surface area (Å²) in [4.78, 5) is 14.9. The van der Waals surface area contributed by atoms with Crippen LogP contribution in [0.2, 0.25) is 0 Å². The zero-order valence-electron chi connectivity index (χ0n) is 9.25. The van der Waals surface area contributed by atoms with E-state index >= 15 is 0 Å². The first kappa shape index (κ1) is 11.6. The lowest BCUT2D eigenvalue weighted by molar-refractivity contribution is -0.139. The molecule has 0 bridgehead atoms. The number of hydrogen-bond acceptors (Lipinski definition) is 5. The molecule has 0 saturated carbocycles. The zero-order chi connectivity index (χ0) is 12.6. The van der Waals surface area contributed by atoms with Gasteiger partial charge in [0.1, 0.15) is 11.6 Å². The summed E-state index contributed by atoms with van der Waals surface area (Å²) in [5, 5.41) is 8.79. The molecule has 1 aromatic carbocycles. The highest BCUT2D eigenvalue weighted by molar-refractivity contribution is 5.76. The third-order valence-corrected chi connectivity index (χ3v) is 2.58. The molecule has 17 heavy (non-hydrogen) atoms. The minimum atomic E-state index is -1.14. The lowest BCUT2D eigenvalue weighted by Crippen LogP contribution is -2.40. The molecule has 0 aliphatic rings. The predicted octanol–water partition coefficient (Wildman–Crippen LogP) is 0.548. The molecule has 0 spiro atoms. The summed E-state index contributed by atoms with van der Waals surface area (Å²) in [7, 11) is 0. The van der Waals surface area contributed by atoms with Gasteiger partial charge in [0, 0.05) is 6.92 Å². The molecule has 2 atom stereocenters. The molecule has 5 N–H and O–H groups in total. The number of nitrogens with zero attached hydrogens (tertiary/aromatic N) is 1. The van der Waals surface area contributed by atoms with E-state index in [1.165, 1.54) is 0 Å². The van der Waals surface area contributed by atoms with E-state index in [2.05, 4.69) is 4.98 Å². The molecule has 2 unspecified atom stereocenters. The lowest BCUT2D eigenvalue weighted by atomic mass is 10.0. The van der Waals surface area contributed by atoms with Gasteiger partial charge in [0.2, 0.25) is 0 Å². The molecule has 6 nitrogen and oxygen atoms in total. The number of nitrogens with two attached hydrogens (primary N) is 2. The van der Waals surface area contributed by atoms with Crippen LogP contribution in [-0.4, -0.2) is 22.1 Å². The van der Waals surface area contributed by atoms with Crippen molar-refractivity contribution in [1.29, 1.82) is 0 Å². The van der Waals surface area contributed by atoms with Crippen molar-refractivity contribution in [1.82, 2.24) is 4.98 Å². The third-order valence-electron chi connectivity index (χ3n) is 2.58. The number of aromatic nitrogens is 1. The molecule has 6 heteroatoms. The van der Waals surface area contributed by atoms with E-state index in [1.807, 2.05) is 0 Å². The normalized spacial score (nSPS) is 14.8. The molecule has 1 aromatic heterocycles. The van der Waals surface area contributed by atoms with Crippen LogP contribution < -0.4 is 11.5 Å². The SMILES string of the molecule is Cc1nc2cc(C(N)C(N)C(=O)O)ccc2o1. The maximum atomic E-state index is 10.7. The second-order valence-corrected chi connectivity index (χ2v) is 3.85. The predicted molar refractivity (Wildman–Crippen MR) is 61.3 cm³/mol. The van der Waals surface area contributed by atoms with Gasteiger partial charge in [-0.2, -0.15) is 0 Å². The quantitative estimate of drug-likeness (QED) is 0.715. The van der Waals surface area contributed by atoms with Gasteiger partial charge in [-0.3, -0.25) is 4.79 Å². The van der Waals surface area contributed by atoms with E-state index in [1.54, 1.807) is 25.1 Å². The summed E-state index contributed by atoms with van der Waals surface area (Å²) in [5.74, 6) is -0.581. The summed E-state index contributed by atoms with van der Waals surface area (Å²) in [5.41, 5.74) is 13.2. The van der Waals surface area contributed by atoms with Crippen LogP contribution in [0, 0.1) is 6.92 Å². The van der Waals surface area contributed by atoms with Crippen LogP contribution in [0.5, 0.6) is 0 Å². The highest BCUT2D eigenvalue weighted by atomic mass is 16.4. The summed E-state index contributed by atoms with van der Waals surface area (Å²) >= 11 is 0. The minimum Gasteiger partial charge on any atom is -0.480 e. The summed E-state index contributed by atoms with van der Waals surface area (Å²) in [6.07, 6.45) is 0. The first-order valence-electron chi connectivity index (χ1n) is 5.10. The van der Waals surface area contributed by atoms with Gasteiger partial charge in [0.15, 0.2) is 11.5 Å². The van der Waals surface area contributed by atoms with Crippen molar-refractivity contribution in [3.05, 3.63) is 29.7 Å². The second kappa shape index (κ2) is 4.15. The number of carboxylic acids is 1. The monoisotopic (exact) mass is 235 g/mol. The van der Waals surface area contributed by atoms with E-state index in [9.17, 15) is 4.79 Å². The Bertz CT molecular complexity index is 564. The third kappa shape index (κ3) is 2.13. The Kier molecular flexibility index (Phi) is 2.83. The van der Waals surface area contributed by atoms with E-state index in [0.29, 0.717) is 22.6 Å². The number of hydrogen-bond donors (Lipinski definition) is 3. The van der Waals surface area contributed by atoms with Crippen molar-refractivity contribution in [3.8, 4) is 0 Å². The van der Waals surface area contributed by atoms with Crippen molar-refractivity contribution < 1.29 is 14.3 Å². The molecule has 2 rings (SSSR count). The number of rotatable bonds is 3. The van der Waals surface area contributed by atoms with Gasteiger partial charge in [0.25, 0.3) is 0 Å². The number of oxazole rings is 1. The Morgan fingerprint density at radius 2 is 2.18 bits per heavy atom. The van der Waals surface area contributed by atoms with Crippen LogP contribution in [0.4, 0.5) is 0 Å². The number of aliphatic carboxylic acids is 1. The van der Waals surface area contributed by atoms with Crippen molar-refractivity contribution in [3.63, 3.8) is 0 Å². The molecule has 0 fully saturated rings. The summed E-state index contributed by atoms with van der Waals surface area (Å²) in [6, 6.07) is 3.19. The Balaban J connectivity index is 2.38. The van der Waals surface area contributed by atoms with E-state index < -0.39 is 18.1 Å². The second-order valence-electron chi connectivity index (χ2n) is 3.85. The van der Waals surface area contributed by atoms with Crippen molar-refractivity contribution in [2.45, 2.75) is 19.0 Å². The summed E-state index contributed by atoms with van der Waals surface area (Å²) < 4.78 is 5.31. The fourth-order valence-electron chi connectivity index (χ4n) is 1.63. The van der Waals surface area contributed by atoms with Crippen LogP contribution in [0.3, 0.4) is 0 Å². The number of benzene rings is 1. The van der Waals surface area contributed by atoms with Gasteiger partial charge in [-0.15, -0.1) is 0 Å². The molecule has 0 radical (unpaired) electrons. The zero-order valence-corrected chi connectivity index (χ0v) is 9.25. The van der Waals surface area contributed by atoms with Crippen molar-refractivity contribution >= 4 is 17.1 Å². The molecule has 90 valence electrons. The molecule has 2 aromatic rings. The van der Waals surface area contributed by atoms with Gasteiger partial charge >= 0.3 is 5.97 Å². The highest BCUT2D eigenvalue weighted by Crippen LogP contribution is 2.21. The number of aryl methyl sites for hydroxylation is 1. The average Bonchev–Trinajstić information content (AvgIpc) is 2.65. The first-order valence-corrected chi connectivity index (χ1v) is 5.10. The van der Waals surface area contributed by atoms with E-state index in [0.717, 1.165) is 0 Å². The van der Waals surface area contributed by atoms with Gasteiger partial charge in [0.05, 0.1) is 6.04 Å². The Morgan fingerprint density at radius 3 is 2.82 bits per heavy atom. The maximum Gasteiger partial charge on any atom is 0.322 e. The van der Waals surface area contributed by atoms with Gasteiger partial charge in [-0.05, 0) is 17.7 Å². The van der Waals surface area contributed by atoms with Crippen LogP contribution in [0.25, 0.3) is 11.1 Å². The minimum absolute atomic E-state index is 0.549. The molecule has 0 aliphatic carbocycles. The van der Waals surface area contributed by atoms with Crippen LogP contribution in [-0.2, 0) is 4.79 Å². The topological polar surface area (TPSA) is 115 Å². The first-order chi connectivity index (χ1) is 7.99. The standard InChI is InChI=1S/C11H13N3O3/c1-5-14-7-4-6(2-3-8(7)17-5)9(12)10(13)11(15)16/h2-4,9-10H,12-13H2,1H3,(H,15,16). The Labute approximate surface area is 97.2 Å². The van der Waals surface area contributed by atoms with Crippen molar-refractivity contribution in [2.75, 3.05) is 0 Å².